The summed E-state index contributed by atoms with van der Waals surface area (Å²) >= 11 is 1.41. The van der Waals surface area contributed by atoms with E-state index in [2.05, 4.69) is 10.3 Å². The topological polar surface area (TPSA) is 143 Å². The monoisotopic (exact) mass is 650 g/mol. The molecule has 4 N–H and O–H groups in total. The summed E-state index contributed by atoms with van der Waals surface area (Å²) in [5.41, 5.74) is 2.38. The highest BCUT2D eigenvalue weighted by atomic mass is 32.1. The third-order valence-corrected chi connectivity index (χ3v) is 10.3. The van der Waals surface area contributed by atoms with Crippen LogP contribution in [0.2, 0.25) is 0 Å². The second-order valence-corrected chi connectivity index (χ2v) is 14.9. The fourth-order valence-electron chi connectivity index (χ4n) is 6.90. The number of aromatic nitrogens is 1. The number of thiazole rings is 1. The van der Waals surface area contributed by atoms with Gasteiger partial charge in [0.15, 0.2) is 0 Å². The fourth-order valence-corrected chi connectivity index (χ4v) is 7.47. The molecule has 3 rings (SSSR count). The van der Waals surface area contributed by atoms with Gasteiger partial charge in [0.25, 0.3) is 0 Å². The van der Waals surface area contributed by atoms with Crippen LogP contribution in [0.4, 0.5) is 0 Å². The molecule has 1 unspecified atom stereocenters. The minimum absolute atomic E-state index is 0.0402. The summed E-state index contributed by atoms with van der Waals surface area (Å²) in [4.78, 5) is 47.8. The number of nitrogens with one attached hydrogen (secondary N) is 1. The van der Waals surface area contributed by atoms with Gasteiger partial charge in [-0.3, -0.25) is 14.4 Å². The van der Waals surface area contributed by atoms with Crippen molar-refractivity contribution in [3.05, 3.63) is 16.6 Å². The van der Waals surface area contributed by atoms with Crippen LogP contribution in [0.3, 0.4) is 0 Å². The fraction of sp³-hybridized carbons (Fsp3) is 0.824. The lowest BCUT2D eigenvalue weighted by Gasteiger charge is -2.34. The van der Waals surface area contributed by atoms with E-state index in [1.807, 2.05) is 19.2 Å². The van der Waals surface area contributed by atoms with Crippen molar-refractivity contribution in [2.75, 3.05) is 27.2 Å². The standard InChI is InChI=1S/C34H58N4O6S/c1-23(2)15-29(39)33(43)28(16-24-11-7-5-8-12-24)36-34(44)26(17-27-21-45-22-35-27)18-31(41)38(20-32(42)37(3)4)19-30(40)25-13-9-6-10-14-25/h21-26,28-30,33,39-40,43H,5-20H2,1-4H3,(H,36,44)/t26-,28+,29+,30?,33-/m1/s1. The van der Waals surface area contributed by atoms with E-state index in [4.69, 9.17) is 0 Å². The summed E-state index contributed by atoms with van der Waals surface area (Å²) in [6.45, 7) is 3.83. The van der Waals surface area contributed by atoms with Crippen LogP contribution < -0.4 is 5.32 Å². The maximum absolute atomic E-state index is 14.0. The molecule has 11 heteroatoms. The molecule has 1 aromatic heterocycles. The zero-order chi connectivity index (χ0) is 32.9. The Morgan fingerprint density at radius 2 is 1.62 bits per heavy atom. The Balaban J connectivity index is 1.80. The number of hydrogen-bond acceptors (Lipinski definition) is 8. The Kier molecular flexibility index (Phi) is 15.7. The second-order valence-electron chi connectivity index (χ2n) is 14.2. The van der Waals surface area contributed by atoms with Crippen molar-refractivity contribution in [2.24, 2.45) is 23.7 Å². The van der Waals surface area contributed by atoms with E-state index >= 15 is 0 Å². The highest BCUT2D eigenvalue weighted by molar-refractivity contribution is 7.07. The first-order valence-electron chi connectivity index (χ1n) is 17.1. The molecule has 5 atom stereocenters. The summed E-state index contributed by atoms with van der Waals surface area (Å²) in [7, 11) is 3.26. The number of aliphatic hydroxyl groups is 3. The Morgan fingerprint density at radius 3 is 2.20 bits per heavy atom. The lowest BCUT2D eigenvalue weighted by molar-refractivity contribution is -0.143. The second kappa shape index (κ2) is 18.9. The molecule has 10 nitrogen and oxygen atoms in total. The molecule has 1 aromatic rings. The number of hydrogen-bond donors (Lipinski definition) is 4. The van der Waals surface area contributed by atoms with Gasteiger partial charge in [-0.15, -0.1) is 11.3 Å². The van der Waals surface area contributed by atoms with Gasteiger partial charge in [0.2, 0.25) is 17.7 Å². The van der Waals surface area contributed by atoms with Gasteiger partial charge in [-0.05, 0) is 43.4 Å². The zero-order valence-corrected chi connectivity index (χ0v) is 28.7. The van der Waals surface area contributed by atoms with Crippen LogP contribution in [-0.4, -0.2) is 99.4 Å². The van der Waals surface area contributed by atoms with Gasteiger partial charge in [0, 0.05) is 38.9 Å². The van der Waals surface area contributed by atoms with Crippen LogP contribution in [0.25, 0.3) is 0 Å². The maximum Gasteiger partial charge on any atom is 0.241 e. The molecule has 1 heterocycles. The van der Waals surface area contributed by atoms with E-state index in [1.54, 1.807) is 19.6 Å². The third kappa shape index (κ3) is 12.6. The molecule has 0 radical (unpaired) electrons. The van der Waals surface area contributed by atoms with Crippen molar-refractivity contribution in [3.8, 4) is 0 Å². The van der Waals surface area contributed by atoms with Crippen LogP contribution >= 0.6 is 11.3 Å². The molecular formula is C34H58N4O6S. The van der Waals surface area contributed by atoms with Gasteiger partial charge < -0.3 is 30.4 Å². The Morgan fingerprint density at radius 1 is 0.978 bits per heavy atom. The summed E-state index contributed by atoms with van der Waals surface area (Å²) in [6, 6.07) is -0.651. The largest absolute Gasteiger partial charge is 0.391 e. The smallest absolute Gasteiger partial charge is 0.241 e. The molecule has 2 aliphatic carbocycles. The quantitative estimate of drug-likeness (QED) is 0.201. The van der Waals surface area contributed by atoms with Crippen molar-refractivity contribution in [2.45, 2.75) is 128 Å². The number of nitrogens with zero attached hydrogens (tertiary/aromatic N) is 3. The number of rotatable bonds is 17. The molecule has 45 heavy (non-hydrogen) atoms. The molecule has 2 saturated carbocycles. The van der Waals surface area contributed by atoms with E-state index in [0.717, 1.165) is 57.8 Å². The molecule has 256 valence electrons. The average molecular weight is 651 g/mol. The van der Waals surface area contributed by atoms with Crippen LogP contribution in [0.5, 0.6) is 0 Å². The van der Waals surface area contributed by atoms with E-state index in [-0.39, 0.29) is 55.5 Å². The van der Waals surface area contributed by atoms with Crippen molar-refractivity contribution >= 4 is 29.1 Å². The van der Waals surface area contributed by atoms with Gasteiger partial charge in [-0.1, -0.05) is 65.2 Å². The SMILES string of the molecule is CC(C)C[C@H](O)[C@H](O)[C@H](CC1CCCCC1)NC(=O)[C@@H](CC(=O)N(CC(=O)N(C)C)CC(O)C1CCCCC1)Cc1cscn1. The average Bonchev–Trinajstić information content (AvgIpc) is 3.53. The van der Waals surface area contributed by atoms with Crippen molar-refractivity contribution in [1.82, 2.24) is 20.1 Å². The van der Waals surface area contributed by atoms with Crippen molar-refractivity contribution in [3.63, 3.8) is 0 Å². The van der Waals surface area contributed by atoms with Crippen molar-refractivity contribution in [1.29, 1.82) is 0 Å². The first-order chi connectivity index (χ1) is 21.4. The van der Waals surface area contributed by atoms with Gasteiger partial charge in [0.05, 0.1) is 41.9 Å². The number of carbonyl (C=O) groups is 3. The summed E-state index contributed by atoms with van der Waals surface area (Å²) in [5.74, 6) is -1.20. The summed E-state index contributed by atoms with van der Waals surface area (Å²) in [5, 5.41) is 38.1. The van der Waals surface area contributed by atoms with E-state index in [0.29, 0.717) is 24.5 Å². The van der Waals surface area contributed by atoms with Gasteiger partial charge >= 0.3 is 0 Å². The molecule has 0 saturated heterocycles. The molecule has 0 spiro atoms. The molecule has 0 bridgehead atoms. The highest BCUT2D eigenvalue weighted by Crippen LogP contribution is 2.30. The Bertz CT molecular complexity index is 1030. The summed E-state index contributed by atoms with van der Waals surface area (Å²) < 4.78 is 0. The number of carbonyl (C=O) groups excluding carboxylic acids is 3. The zero-order valence-electron chi connectivity index (χ0n) is 27.9. The maximum atomic E-state index is 14.0. The van der Waals surface area contributed by atoms with Crippen LogP contribution in [-0.2, 0) is 20.8 Å². The minimum Gasteiger partial charge on any atom is -0.391 e. The number of likely N-dealkylation sites (N-methyl/N-ethyl adjacent to an activating group) is 1. The predicted molar refractivity (Wildman–Crippen MR) is 176 cm³/mol. The summed E-state index contributed by atoms with van der Waals surface area (Å²) in [6.07, 6.45) is 8.68. The highest BCUT2D eigenvalue weighted by Gasteiger charge is 2.35. The van der Waals surface area contributed by atoms with E-state index < -0.39 is 30.3 Å². The molecule has 0 aromatic carbocycles. The first-order valence-corrected chi connectivity index (χ1v) is 18.1. The normalized spacial score (nSPS) is 19.8. The minimum atomic E-state index is -1.13. The molecular weight excluding hydrogens is 592 g/mol. The van der Waals surface area contributed by atoms with Crippen LogP contribution in [0, 0.1) is 23.7 Å². The Hall–Kier alpha value is -2.08. The molecule has 0 aliphatic heterocycles. The van der Waals surface area contributed by atoms with Crippen LogP contribution in [0.15, 0.2) is 10.9 Å². The van der Waals surface area contributed by atoms with Gasteiger partial charge in [-0.2, -0.15) is 0 Å². The third-order valence-electron chi connectivity index (χ3n) is 9.67. The number of aliphatic hydroxyl groups excluding tert-OH is 3. The lowest BCUT2D eigenvalue weighted by Crippen LogP contribution is -2.52. The number of amides is 3. The first kappa shape index (κ1) is 37.4. The van der Waals surface area contributed by atoms with Gasteiger partial charge in [0.1, 0.15) is 6.10 Å². The van der Waals surface area contributed by atoms with Gasteiger partial charge in [-0.25, -0.2) is 4.98 Å². The molecule has 2 fully saturated rings. The Labute approximate surface area is 274 Å². The molecule has 3 amide bonds. The van der Waals surface area contributed by atoms with E-state index in [9.17, 15) is 29.7 Å². The van der Waals surface area contributed by atoms with Crippen LogP contribution in [0.1, 0.15) is 103 Å². The lowest BCUT2D eigenvalue weighted by atomic mass is 9.82. The molecule has 2 aliphatic rings. The van der Waals surface area contributed by atoms with E-state index in [1.165, 1.54) is 27.6 Å². The predicted octanol–water partition coefficient (Wildman–Crippen LogP) is 3.77. The van der Waals surface area contributed by atoms with Crippen molar-refractivity contribution < 1.29 is 29.7 Å².